The van der Waals surface area contributed by atoms with Gasteiger partial charge < -0.3 is 10.1 Å². The first-order valence-electron chi connectivity index (χ1n) is 3.86. The number of nitrogens with one attached hydrogen (secondary N) is 1. The van der Waals surface area contributed by atoms with Gasteiger partial charge in [0.25, 0.3) is 5.56 Å². The molecule has 2 aromatic rings. The van der Waals surface area contributed by atoms with Gasteiger partial charge in [0.15, 0.2) is 0 Å². The van der Waals surface area contributed by atoms with E-state index >= 15 is 0 Å². The van der Waals surface area contributed by atoms with Crippen molar-refractivity contribution < 1.29 is 5.11 Å². The molecule has 0 spiro atoms. The van der Waals surface area contributed by atoms with E-state index in [-0.39, 0.29) is 11.3 Å². The fourth-order valence-electron chi connectivity index (χ4n) is 1.24. The molecule has 0 aliphatic heterocycles. The predicted octanol–water partition coefficient (Wildman–Crippen LogP) is 0.937. The van der Waals surface area contributed by atoms with Gasteiger partial charge in [0.2, 0.25) is 0 Å². The van der Waals surface area contributed by atoms with Crippen LogP contribution in [0.1, 0.15) is 5.82 Å². The summed E-state index contributed by atoms with van der Waals surface area (Å²) in [5.74, 6) is 0.660. The molecule has 0 radical (unpaired) electrons. The largest absolute Gasteiger partial charge is 0.508 e. The number of hydrogen-bond donors (Lipinski definition) is 2. The molecule has 2 N–H and O–H groups in total. The van der Waals surface area contributed by atoms with E-state index in [1.165, 1.54) is 12.1 Å². The number of H-pyrrole nitrogens is 1. The van der Waals surface area contributed by atoms with Gasteiger partial charge in [-0.05, 0) is 19.1 Å². The average molecular weight is 176 g/mol. The minimum Gasteiger partial charge on any atom is -0.508 e. The quantitative estimate of drug-likeness (QED) is 0.627. The highest BCUT2D eigenvalue weighted by atomic mass is 16.3. The van der Waals surface area contributed by atoms with Crippen LogP contribution >= 0.6 is 0 Å². The molecule has 4 nitrogen and oxygen atoms in total. The molecule has 66 valence electrons. The van der Waals surface area contributed by atoms with Gasteiger partial charge >= 0.3 is 0 Å². The Hall–Kier alpha value is -1.84. The molecule has 0 bridgehead atoms. The third-order valence-corrected chi connectivity index (χ3v) is 1.81. The Morgan fingerprint density at radius 2 is 2.23 bits per heavy atom. The summed E-state index contributed by atoms with van der Waals surface area (Å²) in [6.45, 7) is 1.70. The third-order valence-electron chi connectivity index (χ3n) is 1.81. The first-order chi connectivity index (χ1) is 6.16. The lowest BCUT2D eigenvalue weighted by molar-refractivity contribution is 0.476. The second kappa shape index (κ2) is 2.58. The number of aromatic nitrogens is 2. The molecule has 1 aromatic carbocycles. The molecular weight excluding hydrogens is 168 g/mol. The number of nitrogens with zero attached hydrogens (tertiary/aromatic N) is 1. The number of hydrogen-bond acceptors (Lipinski definition) is 3. The van der Waals surface area contributed by atoms with Crippen molar-refractivity contribution in [1.29, 1.82) is 0 Å². The van der Waals surface area contributed by atoms with Crippen molar-refractivity contribution in [2.45, 2.75) is 6.92 Å². The van der Waals surface area contributed by atoms with E-state index in [0.717, 1.165) is 0 Å². The minimum atomic E-state index is -0.178. The van der Waals surface area contributed by atoms with Crippen LogP contribution in [0, 0.1) is 6.92 Å². The van der Waals surface area contributed by atoms with E-state index < -0.39 is 0 Å². The lowest BCUT2D eigenvalue weighted by Gasteiger charge is -1.98. The Balaban J connectivity index is 2.95. The number of fused-ring (bicyclic) bond motifs is 1. The summed E-state index contributed by atoms with van der Waals surface area (Å²) in [4.78, 5) is 18.0. The van der Waals surface area contributed by atoms with E-state index in [4.69, 9.17) is 5.11 Å². The van der Waals surface area contributed by atoms with Gasteiger partial charge in [-0.2, -0.15) is 0 Å². The zero-order valence-electron chi connectivity index (χ0n) is 7.03. The summed E-state index contributed by atoms with van der Waals surface area (Å²) in [5.41, 5.74) is 0.337. The van der Waals surface area contributed by atoms with Crippen LogP contribution in [0.15, 0.2) is 23.0 Å². The highest BCUT2D eigenvalue weighted by molar-refractivity contribution is 5.78. The summed E-state index contributed by atoms with van der Waals surface area (Å²) in [6.07, 6.45) is 0. The molecule has 0 amide bonds. The molecule has 0 saturated carbocycles. The van der Waals surface area contributed by atoms with Crippen LogP contribution in [-0.4, -0.2) is 15.1 Å². The SMILES string of the molecule is Cc1nc2cc(O)ccc2c(=O)[nH]1. The fourth-order valence-corrected chi connectivity index (χ4v) is 1.24. The van der Waals surface area contributed by atoms with Crippen LogP contribution in [0.2, 0.25) is 0 Å². The molecule has 0 aliphatic rings. The van der Waals surface area contributed by atoms with E-state index in [1.807, 2.05) is 0 Å². The maximum atomic E-state index is 11.3. The molecule has 2 rings (SSSR count). The van der Waals surface area contributed by atoms with Crippen molar-refractivity contribution in [3.8, 4) is 5.75 Å². The van der Waals surface area contributed by atoms with E-state index in [0.29, 0.717) is 16.7 Å². The van der Waals surface area contributed by atoms with Gasteiger partial charge in [-0.25, -0.2) is 4.98 Å². The zero-order valence-corrected chi connectivity index (χ0v) is 7.03. The Morgan fingerprint density at radius 1 is 1.46 bits per heavy atom. The maximum absolute atomic E-state index is 11.3. The highest BCUT2D eigenvalue weighted by Crippen LogP contribution is 2.14. The van der Waals surface area contributed by atoms with Gasteiger partial charge in [0, 0.05) is 6.07 Å². The number of aryl methyl sites for hydroxylation is 1. The minimum absolute atomic E-state index is 0.116. The fraction of sp³-hybridized carbons (Fsp3) is 0.111. The monoisotopic (exact) mass is 176 g/mol. The molecule has 1 heterocycles. The van der Waals surface area contributed by atoms with E-state index in [2.05, 4.69) is 9.97 Å². The van der Waals surface area contributed by atoms with Crippen molar-refractivity contribution in [3.05, 3.63) is 34.4 Å². The number of aromatic hydroxyl groups is 1. The maximum Gasteiger partial charge on any atom is 0.258 e. The molecule has 0 atom stereocenters. The Bertz CT molecular complexity index is 511. The lowest BCUT2D eigenvalue weighted by atomic mass is 10.2. The number of benzene rings is 1. The van der Waals surface area contributed by atoms with E-state index in [9.17, 15) is 4.79 Å². The van der Waals surface area contributed by atoms with Crippen molar-refractivity contribution in [2.24, 2.45) is 0 Å². The van der Waals surface area contributed by atoms with Gasteiger partial charge in [0.1, 0.15) is 11.6 Å². The van der Waals surface area contributed by atoms with Gasteiger partial charge in [-0.3, -0.25) is 4.79 Å². The van der Waals surface area contributed by atoms with Crippen LogP contribution in [0.25, 0.3) is 10.9 Å². The van der Waals surface area contributed by atoms with Crippen molar-refractivity contribution in [3.63, 3.8) is 0 Å². The summed E-state index contributed by atoms with van der Waals surface area (Å²) >= 11 is 0. The number of rotatable bonds is 0. The normalized spacial score (nSPS) is 10.5. The lowest BCUT2D eigenvalue weighted by Crippen LogP contribution is -2.09. The summed E-state index contributed by atoms with van der Waals surface area (Å²) in [5, 5.41) is 9.65. The van der Waals surface area contributed by atoms with Crippen LogP contribution in [-0.2, 0) is 0 Å². The Labute approximate surface area is 73.9 Å². The van der Waals surface area contributed by atoms with E-state index in [1.54, 1.807) is 13.0 Å². The van der Waals surface area contributed by atoms with Crippen LogP contribution in [0.4, 0.5) is 0 Å². The molecule has 4 heteroatoms. The van der Waals surface area contributed by atoms with Crippen molar-refractivity contribution >= 4 is 10.9 Å². The number of aromatic amines is 1. The smallest absolute Gasteiger partial charge is 0.258 e. The van der Waals surface area contributed by atoms with Crippen molar-refractivity contribution in [2.75, 3.05) is 0 Å². The van der Waals surface area contributed by atoms with Gasteiger partial charge in [-0.1, -0.05) is 0 Å². The molecule has 1 aromatic heterocycles. The molecule has 13 heavy (non-hydrogen) atoms. The Kier molecular flexibility index (Phi) is 1.55. The second-order valence-electron chi connectivity index (χ2n) is 2.85. The summed E-state index contributed by atoms with van der Waals surface area (Å²) < 4.78 is 0. The first-order valence-corrected chi connectivity index (χ1v) is 3.86. The Morgan fingerprint density at radius 3 is 3.00 bits per heavy atom. The molecule has 0 saturated heterocycles. The molecule has 0 unspecified atom stereocenters. The second-order valence-corrected chi connectivity index (χ2v) is 2.85. The van der Waals surface area contributed by atoms with Gasteiger partial charge in [0.05, 0.1) is 10.9 Å². The van der Waals surface area contributed by atoms with Crippen LogP contribution < -0.4 is 5.56 Å². The average Bonchev–Trinajstić information content (AvgIpc) is 2.02. The molecule has 0 fully saturated rings. The van der Waals surface area contributed by atoms with Crippen LogP contribution in [0.3, 0.4) is 0 Å². The molecular formula is C9H8N2O2. The first kappa shape index (κ1) is 7.79. The zero-order chi connectivity index (χ0) is 9.42. The van der Waals surface area contributed by atoms with Crippen molar-refractivity contribution in [1.82, 2.24) is 9.97 Å². The standard InChI is InChI=1S/C9H8N2O2/c1-5-10-8-4-6(12)2-3-7(8)9(13)11-5/h2-4,12H,1H3,(H,10,11,13). The third kappa shape index (κ3) is 1.26. The number of phenols is 1. The highest BCUT2D eigenvalue weighted by Gasteiger charge is 2.01. The summed E-state index contributed by atoms with van der Waals surface area (Å²) in [7, 11) is 0. The molecule has 0 aliphatic carbocycles. The van der Waals surface area contributed by atoms with Gasteiger partial charge in [-0.15, -0.1) is 0 Å². The topological polar surface area (TPSA) is 66.0 Å². The predicted molar refractivity (Wildman–Crippen MR) is 48.8 cm³/mol. The van der Waals surface area contributed by atoms with Crippen LogP contribution in [0.5, 0.6) is 5.75 Å². The number of phenolic OH excluding ortho intramolecular Hbond substituents is 1. The summed E-state index contributed by atoms with van der Waals surface area (Å²) in [6, 6.07) is 4.49.